The first-order chi connectivity index (χ1) is 11.9. The summed E-state index contributed by atoms with van der Waals surface area (Å²) in [4.78, 5) is 13.2. The number of alkyl halides is 2. The molecule has 0 saturated heterocycles. The number of unbranched alkanes of at least 4 members (excludes halogenated alkanes) is 1. The zero-order valence-electron chi connectivity index (χ0n) is 15.2. The Balaban J connectivity index is 2.13. The highest BCUT2D eigenvalue weighted by Crippen LogP contribution is 2.44. The monoisotopic (exact) mass is 353 g/mol. The third kappa shape index (κ3) is 4.93. The van der Waals surface area contributed by atoms with Crippen LogP contribution in [0.2, 0.25) is 0 Å². The van der Waals surface area contributed by atoms with Crippen molar-refractivity contribution < 1.29 is 18.7 Å². The summed E-state index contributed by atoms with van der Waals surface area (Å²) in [6, 6.07) is 7.44. The molecule has 5 heteroatoms. The summed E-state index contributed by atoms with van der Waals surface area (Å²) < 4.78 is 28.3. The van der Waals surface area contributed by atoms with Crippen molar-refractivity contribution in [2.75, 3.05) is 11.4 Å². The fraction of sp³-hybridized carbons (Fsp3) is 0.650. The predicted octanol–water partition coefficient (Wildman–Crippen LogP) is 5.98. The van der Waals surface area contributed by atoms with Crippen molar-refractivity contribution in [2.24, 2.45) is 11.8 Å². The molecule has 1 aromatic rings. The van der Waals surface area contributed by atoms with Gasteiger partial charge in [0, 0.05) is 18.9 Å². The molecule has 0 spiro atoms. The van der Waals surface area contributed by atoms with Crippen LogP contribution in [0, 0.1) is 11.8 Å². The highest BCUT2D eigenvalue weighted by Gasteiger charge is 2.44. The van der Waals surface area contributed by atoms with Crippen LogP contribution in [-0.4, -0.2) is 23.7 Å². The van der Waals surface area contributed by atoms with Crippen LogP contribution >= 0.6 is 0 Å². The van der Waals surface area contributed by atoms with Gasteiger partial charge in [-0.15, -0.1) is 0 Å². The number of hydrogen-bond donors (Lipinski definition) is 1. The lowest BCUT2D eigenvalue weighted by Gasteiger charge is -2.38. The Labute approximate surface area is 149 Å². The predicted molar refractivity (Wildman–Crippen MR) is 96.5 cm³/mol. The van der Waals surface area contributed by atoms with Gasteiger partial charge < -0.3 is 5.11 Å². The normalized spacial score (nSPS) is 22.6. The first-order valence-corrected chi connectivity index (χ1v) is 9.35. The van der Waals surface area contributed by atoms with Crippen LogP contribution in [0.1, 0.15) is 57.9 Å². The van der Waals surface area contributed by atoms with Gasteiger partial charge in [-0.25, -0.2) is 13.6 Å². The van der Waals surface area contributed by atoms with E-state index in [-0.39, 0.29) is 12.3 Å². The van der Waals surface area contributed by atoms with Gasteiger partial charge in [0.2, 0.25) is 0 Å². The quantitative estimate of drug-likeness (QED) is 0.655. The molecule has 1 unspecified atom stereocenters. The second-order valence-corrected chi connectivity index (χ2v) is 7.12. The molecule has 1 N–H and O–H groups in total. The number of para-hydroxylation sites is 1. The molecule has 1 saturated carbocycles. The topological polar surface area (TPSA) is 40.5 Å². The zero-order chi connectivity index (χ0) is 18.4. The maximum Gasteiger partial charge on any atom is 0.411 e. The summed E-state index contributed by atoms with van der Waals surface area (Å²) >= 11 is 0. The molecule has 0 aliphatic heterocycles. The molecule has 2 atom stereocenters. The number of hydrogen-bond acceptors (Lipinski definition) is 1. The molecular formula is C20H29F2NO2. The Morgan fingerprint density at radius 2 is 2.04 bits per heavy atom. The molecule has 0 bridgehead atoms. The fourth-order valence-corrected chi connectivity index (χ4v) is 3.85. The Bertz CT molecular complexity index is 577. The van der Waals surface area contributed by atoms with Crippen LogP contribution < -0.4 is 4.90 Å². The molecular weight excluding hydrogens is 324 g/mol. The summed E-state index contributed by atoms with van der Waals surface area (Å²) in [6.07, 6.45) is 2.62. The molecule has 0 aromatic heterocycles. The van der Waals surface area contributed by atoms with Crippen LogP contribution in [0.25, 0.3) is 0 Å². The van der Waals surface area contributed by atoms with Crippen LogP contribution in [0.3, 0.4) is 0 Å². The highest BCUT2D eigenvalue weighted by atomic mass is 19.3. The first kappa shape index (κ1) is 19.7. The van der Waals surface area contributed by atoms with E-state index >= 15 is 0 Å². The van der Waals surface area contributed by atoms with E-state index in [2.05, 4.69) is 0 Å². The number of amides is 1. The van der Waals surface area contributed by atoms with Gasteiger partial charge in [-0.1, -0.05) is 44.9 Å². The van der Waals surface area contributed by atoms with Gasteiger partial charge in [0.1, 0.15) is 0 Å². The van der Waals surface area contributed by atoms with Crippen LogP contribution in [0.15, 0.2) is 24.3 Å². The average Bonchev–Trinajstić information content (AvgIpc) is 2.59. The molecule has 25 heavy (non-hydrogen) atoms. The highest BCUT2D eigenvalue weighted by molar-refractivity contribution is 5.87. The lowest BCUT2D eigenvalue weighted by molar-refractivity contribution is -0.0998. The number of aryl methyl sites for hydroxylation is 1. The molecule has 2 rings (SSSR count). The second-order valence-electron chi connectivity index (χ2n) is 7.12. The molecule has 1 aliphatic rings. The lowest BCUT2D eigenvalue weighted by Crippen LogP contribution is -2.41. The van der Waals surface area contributed by atoms with E-state index in [1.165, 1.54) is 4.90 Å². The first-order valence-electron chi connectivity index (χ1n) is 9.35. The van der Waals surface area contributed by atoms with Crippen LogP contribution in [-0.2, 0) is 6.42 Å². The zero-order valence-corrected chi connectivity index (χ0v) is 15.2. The lowest BCUT2D eigenvalue weighted by atomic mass is 9.76. The minimum atomic E-state index is -2.61. The molecule has 1 amide bonds. The second kappa shape index (κ2) is 8.63. The van der Waals surface area contributed by atoms with Gasteiger partial charge in [0.15, 0.2) is 0 Å². The van der Waals surface area contributed by atoms with Gasteiger partial charge in [-0.2, -0.15) is 0 Å². The van der Waals surface area contributed by atoms with E-state index in [1.807, 2.05) is 32.0 Å². The van der Waals surface area contributed by atoms with E-state index in [4.69, 9.17) is 0 Å². The smallest absolute Gasteiger partial charge is 0.411 e. The molecule has 0 heterocycles. The van der Waals surface area contributed by atoms with Crippen molar-refractivity contribution in [2.45, 2.75) is 64.7 Å². The average molecular weight is 353 g/mol. The maximum absolute atomic E-state index is 14.2. The summed E-state index contributed by atoms with van der Waals surface area (Å²) in [5.41, 5.74) is 1.65. The van der Waals surface area contributed by atoms with Gasteiger partial charge in [0.25, 0.3) is 5.92 Å². The minimum absolute atomic E-state index is 0.0116. The molecule has 3 nitrogen and oxygen atoms in total. The number of rotatable bonds is 7. The van der Waals surface area contributed by atoms with E-state index in [1.54, 1.807) is 6.07 Å². The van der Waals surface area contributed by atoms with Crippen molar-refractivity contribution >= 4 is 11.8 Å². The Morgan fingerprint density at radius 1 is 1.32 bits per heavy atom. The molecule has 1 fully saturated rings. The minimum Gasteiger partial charge on any atom is -0.465 e. The number of benzene rings is 1. The number of nitrogens with zero attached hydrogens (tertiary/aromatic N) is 1. The van der Waals surface area contributed by atoms with Crippen molar-refractivity contribution in [3.63, 3.8) is 0 Å². The van der Waals surface area contributed by atoms with Gasteiger partial charge in [0.05, 0.1) is 5.69 Å². The molecule has 1 aromatic carbocycles. The molecule has 0 radical (unpaired) electrons. The maximum atomic E-state index is 14.2. The summed E-state index contributed by atoms with van der Waals surface area (Å²) in [6.45, 7) is 4.29. The number of carbonyl (C=O) groups is 1. The standard InChI is InChI=1S/C20H29F2NO2/c1-3-5-9-17-13-15(11-12-20(17,21)22)14-23(19(24)25)18-10-7-6-8-16(18)4-2/h6-8,10,15,17H,3-5,9,11-14H2,1-2H3,(H,24,25)/t15?,17-/m1/s1. The van der Waals surface area contributed by atoms with Crippen molar-refractivity contribution in [1.82, 2.24) is 0 Å². The summed E-state index contributed by atoms with van der Waals surface area (Å²) in [5.74, 6) is -3.24. The number of anilines is 1. The molecule has 140 valence electrons. The number of carboxylic acid groups (broad SMARTS) is 1. The van der Waals surface area contributed by atoms with Crippen molar-refractivity contribution in [1.29, 1.82) is 0 Å². The SMILES string of the molecule is CCCC[C@@H]1CC(CN(C(=O)O)c2ccccc2CC)CCC1(F)F. The van der Waals surface area contributed by atoms with Crippen molar-refractivity contribution in [3.05, 3.63) is 29.8 Å². The third-order valence-corrected chi connectivity index (χ3v) is 5.34. The van der Waals surface area contributed by atoms with Crippen LogP contribution in [0.5, 0.6) is 0 Å². The largest absolute Gasteiger partial charge is 0.465 e. The van der Waals surface area contributed by atoms with Gasteiger partial charge in [-0.05, 0) is 43.2 Å². The van der Waals surface area contributed by atoms with E-state index in [0.717, 1.165) is 24.8 Å². The summed E-state index contributed by atoms with van der Waals surface area (Å²) in [5, 5.41) is 9.67. The van der Waals surface area contributed by atoms with E-state index < -0.39 is 17.9 Å². The Morgan fingerprint density at radius 3 is 2.68 bits per heavy atom. The van der Waals surface area contributed by atoms with Crippen LogP contribution in [0.4, 0.5) is 19.3 Å². The third-order valence-electron chi connectivity index (χ3n) is 5.34. The van der Waals surface area contributed by atoms with E-state index in [9.17, 15) is 18.7 Å². The van der Waals surface area contributed by atoms with E-state index in [0.29, 0.717) is 31.5 Å². The summed E-state index contributed by atoms with van der Waals surface area (Å²) in [7, 11) is 0. The number of halogens is 2. The Hall–Kier alpha value is -1.65. The van der Waals surface area contributed by atoms with Gasteiger partial charge in [-0.3, -0.25) is 4.90 Å². The Kier molecular flexibility index (Phi) is 6.79. The van der Waals surface area contributed by atoms with Crippen molar-refractivity contribution in [3.8, 4) is 0 Å². The van der Waals surface area contributed by atoms with Gasteiger partial charge >= 0.3 is 6.09 Å². The molecule has 1 aliphatic carbocycles. The fourth-order valence-electron chi connectivity index (χ4n) is 3.85.